The Bertz CT molecular complexity index is 485. The van der Waals surface area contributed by atoms with E-state index in [-0.39, 0.29) is 18.3 Å². The van der Waals surface area contributed by atoms with Crippen molar-refractivity contribution in [2.75, 3.05) is 32.0 Å². The lowest BCUT2D eigenvalue weighted by Gasteiger charge is -2.23. The van der Waals surface area contributed by atoms with Gasteiger partial charge < -0.3 is 10.6 Å². The van der Waals surface area contributed by atoms with Crippen LogP contribution in [0.3, 0.4) is 0 Å². The van der Waals surface area contributed by atoms with Crippen LogP contribution in [0.4, 0.5) is 5.69 Å². The Morgan fingerprint density at radius 1 is 1.43 bits per heavy atom. The molecule has 0 aromatic heterocycles. The summed E-state index contributed by atoms with van der Waals surface area (Å²) in [6, 6.07) is 5.65. The number of benzene rings is 1. The number of anilines is 1. The SMILES string of the molecule is CNCC1CCCN1CC(=O)Nc1cccc(Cl)c1Cl.Cl. The Morgan fingerprint density at radius 3 is 2.90 bits per heavy atom. The van der Waals surface area contributed by atoms with Crippen LogP contribution in [0.1, 0.15) is 12.8 Å². The number of hydrogen-bond donors (Lipinski definition) is 2. The molecule has 1 aliphatic rings. The minimum absolute atomic E-state index is 0. The Morgan fingerprint density at radius 2 is 2.19 bits per heavy atom. The molecule has 4 nitrogen and oxygen atoms in total. The number of hydrogen-bond acceptors (Lipinski definition) is 3. The van der Waals surface area contributed by atoms with Crippen LogP contribution < -0.4 is 10.6 Å². The second-order valence-corrected chi connectivity index (χ2v) is 5.76. The third-order valence-electron chi connectivity index (χ3n) is 3.51. The molecule has 1 fully saturated rings. The highest BCUT2D eigenvalue weighted by atomic mass is 35.5. The zero-order chi connectivity index (χ0) is 14.5. The van der Waals surface area contributed by atoms with Crippen molar-refractivity contribution in [1.29, 1.82) is 0 Å². The minimum Gasteiger partial charge on any atom is -0.324 e. The maximum atomic E-state index is 12.1. The highest BCUT2D eigenvalue weighted by molar-refractivity contribution is 6.43. The molecule has 1 unspecified atom stereocenters. The van der Waals surface area contributed by atoms with Gasteiger partial charge in [-0.2, -0.15) is 0 Å². The highest BCUT2D eigenvalue weighted by Gasteiger charge is 2.25. The van der Waals surface area contributed by atoms with Crippen LogP contribution in [-0.2, 0) is 4.79 Å². The van der Waals surface area contributed by atoms with E-state index in [9.17, 15) is 4.79 Å². The van der Waals surface area contributed by atoms with Crippen LogP contribution in [0.15, 0.2) is 18.2 Å². The van der Waals surface area contributed by atoms with Crippen molar-refractivity contribution in [2.24, 2.45) is 0 Å². The smallest absolute Gasteiger partial charge is 0.238 e. The number of rotatable bonds is 5. The van der Waals surface area contributed by atoms with Crippen molar-refractivity contribution < 1.29 is 4.79 Å². The summed E-state index contributed by atoms with van der Waals surface area (Å²) in [5.41, 5.74) is 0.563. The number of amides is 1. The number of carbonyl (C=O) groups excluding carboxylic acids is 1. The first-order chi connectivity index (χ1) is 9.61. The molecule has 0 saturated carbocycles. The van der Waals surface area contributed by atoms with Gasteiger partial charge in [-0.1, -0.05) is 29.3 Å². The van der Waals surface area contributed by atoms with Gasteiger partial charge in [0.15, 0.2) is 0 Å². The molecule has 1 aliphatic heterocycles. The normalized spacial score (nSPS) is 18.3. The van der Waals surface area contributed by atoms with Crippen molar-refractivity contribution in [3.63, 3.8) is 0 Å². The van der Waals surface area contributed by atoms with Gasteiger partial charge in [0, 0.05) is 12.6 Å². The Balaban J connectivity index is 0.00000220. The number of carbonyl (C=O) groups is 1. The summed E-state index contributed by atoms with van der Waals surface area (Å²) < 4.78 is 0. The quantitative estimate of drug-likeness (QED) is 0.856. The second kappa shape index (κ2) is 8.81. The molecule has 0 spiro atoms. The maximum absolute atomic E-state index is 12.1. The van der Waals surface area contributed by atoms with Gasteiger partial charge in [0.05, 0.1) is 22.3 Å². The van der Waals surface area contributed by atoms with Crippen LogP contribution in [0.5, 0.6) is 0 Å². The standard InChI is InChI=1S/C14H19Cl2N3O.ClH/c1-17-8-10-4-3-7-19(10)9-13(20)18-12-6-2-5-11(15)14(12)16;/h2,5-6,10,17H,3-4,7-9H2,1H3,(H,18,20);1H. The summed E-state index contributed by atoms with van der Waals surface area (Å²) in [7, 11) is 1.93. The number of likely N-dealkylation sites (N-methyl/N-ethyl adjacent to an activating group) is 1. The van der Waals surface area contributed by atoms with Gasteiger partial charge in [0.1, 0.15) is 0 Å². The topological polar surface area (TPSA) is 44.4 Å². The van der Waals surface area contributed by atoms with Crippen LogP contribution in [-0.4, -0.2) is 43.5 Å². The second-order valence-electron chi connectivity index (χ2n) is 4.97. The molecule has 0 bridgehead atoms. The predicted molar refractivity (Wildman–Crippen MR) is 90.9 cm³/mol. The predicted octanol–water partition coefficient (Wildman–Crippen LogP) is 3.04. The van der Waals surface area contributed by atoms with Gasteiger partial charge >= 0.3 is 0 Å². The average molecular weight is 353 g/mol. The molecule has 1 amide bonds. The van der Waals surface area contributed by atoms with Crippen molar-refractivity contribution in [2.45, 2.75) is 18.9 Å². The van der Waals surface area contributed by atoms with Crippen LogP contribution in [0.25, 0.3) is 0 Å². The summed E-state index contributed by atoms with van der Waals surface area (Å²) in [5, 5.41) is 6.82. The summed E-state index contributed by atoms with van der Waals surface area (Å²) in [5.74, 6) is -0.0582. The molecule has 1 aromatic carbocycles. The van der Waals surface area contributed by atoms with Gasteiger partial charge in [-0.05, 0) is 38.6 Å². The zero-order valence-corrected chi connectivity index (χ0v) is 14.2. The van der Waals surface area contributed by atoms with E-state index in [1.54, 1.807) is 18.2 Å². The number of nitrogens with zero attached hydrogens (tertiary/aromatic N) is 1. The van der Waals surface area contributed by atoms with Crippen molar-refractivity contribution in [3.8, 4) is 0 Å². The molecule has 7 heteroatoms. The Labute approximate surface area is 141 Å². The van der Waals surface area contributed by atoms with Gasteiger partial charge in [-0.15, -0.1) is 12.4 Å². The van der Waals surface area contributed by atoms with Crippen LogP contribution in [0.2, 0.25) is 10.0 Å². The largest absolute Gasteiger partial charge is 0.324 e. The van der Waals surface area contributed by atoms with Gasteiger partial charge in [0.25, 0.3) is 0 Å². The molecule has 2 rings (SSSR count). The molecule has 2 N–H and O–H groups in total. The lowest BCUT2D eigenvalue weighted by molar-refractivity contribution is -0.117. The first kappa shape index (κ1) is 18.5. The van der Waals surface area contributed by atoms with E-state index in [0.29, 0.717) is 28.3 Å². The monoisotopic (exact) mass is 351 g/mol. The van der Waals surface area contributed by atoms with E-state index in [1.165, 1.54) is 0 Å². The van der Waals surface area contributed by atoms with Gasteiger partial charge in [0.2, 0.25) is 5.91 Å². The number of halogens is 3. The van der Waals surface area contributed by atoms with Crippen LogP contribution >= 0.6 is 35.6 Å². The van der Waals surface area contributed by atoms with Crippen molar-refractivity contribution in [1.82, 2.24) is 10.2 Å². The summed E-state index contributed by atoms with van der Waals surface area (Å²) >= 11 is 12.0. The minimum atomic E-state index is -0.0582. The molecule has 1 atom stereocenters. The Hall–Kier alpha value is -0.520. The third kappa shape index (κ3) is 5.01. The number of nitrogens with one attached hydrogen (secondary N) is 2. The fraction of sp³-hybridized carbons (Fsp3) is 0.500. The fourth-order valence-electron chi connectivity index (χ4n) is 2.54. The highest BCUT2D eigenvalue weighted by Crippen LogP contribution is 2.29. The molecule has 0 radical (unpaired) electrons. The first-order valence-corrected chi connectivity index (χ1v) is 7.50. The summed E-state index contributed by atoms with van der Waals surface area (Å²) in [4.78, 5) is 14.3. The molecule has 21 heavy (non-hydrogen) atoms. The summed E-state index contributed by atoms with van der Waals surface area (Å²) in [6.45, 7) is 2.25. The van der Waals surface area contributed by atoms with E-state index in [2.05, 4.69) is 15.5 Å². The van der Waals surface area contributed by atoms with E-state index < -0.39 is 0 Å². The summed E-state index contributed by atoms with van der Waals surface area (Å²) in [6.07, 6.45) is 2.27. The Kier molecular flexibility index (Phi) is 7.77. The van der Waals surface area contributed by atoms with Crippen molar-refractivity contribution in [3.05, 3.63) is 28.2 Å². The molecule has 1 heterocycles. The van der Waals surface area contributed by atoms with Crippen LogP contribution in [0, 0.1) is 0 Å². The molecule has 118 valence electrons. The molecule has 1 aromatic rings. The van der Waals surface area contributed by atoms with E-state index in [0.717, 1.165) is 25.9 Å². The average Bonchev–Trinajstić information content (AvgIpc) is 2.83. The van der Waals surface area contributed by atoms with Crippen molar-refractivity contribution >= 4 is 47.2 Å². The lowest BCUT2D eigenvalue weighted by Crippen LogP contribution is -2.41. The van der Waals surface area contributed by atoms with Gasteiger partial charge in [-0.25, -0.2) is 0 Å². The molecular formula is C14H20Cl3N3O. The zero-order valence-electron chi connectivity index (χ0n) is 11.9. The lowest BCUT2D eigenvalue weighted by atomic mass is 10.2. The third-order valence-corrected chi connectivity index (χ3v) is 4.33. The van der Waals surface area contributed by atoms with E-state index in [1.807, 2.05) is 7.05 Å². The molecule has 1 saturated heterocycles. The maximum Gasteiger partial charge on any atom is 0.238 e. The first-order valence-electron chi connectivity index (χ1n) is 6.74. The molecule has 0 aliphatic carbocycles. The van der Waals surface area contributed by atoms with Gasteiger partial charge in [-0.3, -0.25) is 9.69 Å². The van der Waals surface area contributed by atoms with E-state index in [4.69, 9.17) is 23.2 Å². The molecular weight excluding hydrogens is 333 g/mol. The fourth-order valence-corrected chi connectivity index (χ4v) is 2.89. The number of likely N-dealkylation sites (tertiary alicyclic amines) is 1. The van der Waals surface area contributed by atoms with E-state index >= 15 is 0 Å².